The zero-order valence-corrected chi connectivity index (χ0v) is 10.3. The first-order valence-electron chi connectivity index (χ1n) is 5.68. The van der Waals surface area contributed by atoms with Crippen molar-refractivity contribution in [3.63, 3.8) is 0 Å². The van der Waals surface area contributed by atoms with Crippen molar-refractivity contribution in [1.82, 2.24) is 5.32 Å². The molecule has 1 aromatic carbocycles. The molecular weight excluding hydrogens is 252 g/mol. The van der Waals surface area contributed by atoms with Gasteiger partial charge in [-0.2, -0.15) is 5.26 Å². The minimum atomic E-state index is -0.803. The van der Waals surface area contributed by atoms with Gasteiger partial charge in [0, 0.05) is 18.8 Å². The van der Waals surface area contributed by atoms with Crippen molar-refractivity contribution in [1.29, 1.82) is 5.26 Å². The van der Waals surface area contributed by atoms with E-state index in [0.717, 1.165) is 18.7 Å². The Morgan fingerprint density at radius 3 is 2.79 bits per heavy atom. The van der Waals surface area contributed by atoms with Gasteiger partial charge < -0.3 is 10.6 Å². The van der Waals surface area contributed by atoms with Crippen LogP contribution >= 0.6 is 0 Å². The van der Waals surface area contributed by atoms with E-state index in [-0.39, 0.29) is 11.3 Å². The smallest absolute Gasteiger partial charge is 0.263 e. The molecule has 0 aliphatic heterocycles. The maximum atomic E-state index is 13.3. The molecule has 0 spiro atoms. The number of rotatable bonds is 5. The Morgan fingerprint density at radius 1 is 1.47 bits per heavy atom. The average Bonchev–Trinajstić information content (AvgIpc) is 2.39. The van der Waals surface area contributed by atoms with Gasteiger partial charge in [-0.25, -0.2) is 8.78 Å². The lowest BCUT2D eigenvalue weighted by Gasteiger charge is -2.04. The predicted octanol–water partition coefficient (Wildman–Crippen LogP) is 2.31. The summed E-state index contributed by atoms with van der Waals surface area (Å²) in [5.74, 6) is -2.05. The number of benzene rings is 1. The lowest BCUT2D eigenvalue weighted by Crippen LogP contribution is -2.25. The van der Waals surface area contributed by atoms with E-state index in [0.29, 0.717) is 12.6 Å². The molecule has 0 radical (unpaired) electrons. The molecule has 19 heavy (non-hydrogen) atoms. The first-order chi connectivity index (χ1) is 9.08. The third-order valence-corrected chi connectivity index (χ3v) is 2.20. The summed E-state index contributed by atoms with van der Waals surface area (Å²) in [6.45, 7) is 2.32. The molecule has 0 saturated heterocycles. The first-order valence-corrected chi connectivity index (χ1v) is 5.68. The van der Waals surface area contributed by atoms with Gasteiger partial charge in [0.25, 0.3) is 5.91 Å². The van der Waals surface area contributed by atoms with Gasteiger partial charge in [-0.3, -0.25) is 4.79 Å². The number of halogens is 2. The van der Waals surface area contributed by atoms with Crippen molar-refractivity contribution in [2.45, 2.75) is 13.3 Å². The molecule has 0 atom stereocenters. The monoisotopic (exact) mass is 265 g/mol. The van der Waals surface area contributed by atoms with Gasteiger partial charge in [0.1, 0.15) is 23.3 Å². The molecule has 2 N–H and O–H groups in total. The van der Waals surface area contributed by atoms with Gasteiger partial charge in [0.05, 0.1) is 5.69 Å². The fraction of sp³-hybridized carbons (Fsp3) is 0.231. The van der Waals surface area contributed by atoms with E-state index in [4.69, 9.17) is 5.26 Å². The van der Waals surface area contributed by atoms with Crippen LogP contribution in [0.2, 0.25) is 0 Å². The van der Waals surface area contributed by atoms with Crippen LogP contribution in [0.5, 0.6) is 0 Å². The number of nitriles is 1. The zero-order valence-electron chi connectivity index (χ0n) is 10.3. The third kappa shape index (κ3) is 4.39. The van der Waals surface area contributed by atoms with Crippen molar-refractivity contribution in [2.24, 2.45) is 0 Å². The Balaban J connectivity index is 2.77. The second kappa shape index (κ2) is 7.11. The molecule has 0 bridgehead atoms. The standard InChI is InChI=1S/C13H13F2N3O/c1-2-5-17-13(19)9(7-16)8-18-12-4-3-10(14)6-11(12)15/h3-4,6,8,18H,2,5H2,1H3,(H,17,19)/b9-8-. The van der Waals surface area contributed by atoms with Crippen LogP contribution in [0.4, 0.5) is 14.5 Å². The highest BCUT2D eigenvalue weighted by Crippen LogP contribution is 2.15. The highest BCUT2D eigenvalue weighted by Gasteiger charge is 2.08. The highest BCUT2D eigenvalue weighted by molar-refractivity contribution is 5.97. The molecule has 6 heteroatoms. The summed E-state index contributed by atoms with van der Waals surface area (Å²) >= 11 is 0. The summed E-state index contributed by atoms with van der Waals surface area (Å²) in [6, 6.07) is 4.66. The number of carbonyl (C=O) groups is 1. The summed E-state index contributed by atoms with van der Waals surface area (Å²) in [5.41, 5.74) is -0.199. The summed E-state index contributed by atoms with van der Waals surface area (Å²) < 4.78 is 26.0. The van der Waals surface area contributed by atoms with Crippen LogP contribution in [0.15, 0.2) is 30.0 Å². The molecule has 0 aliphatic rings. The largest absolute Gasteiger partial charge is 0.358 e. The zero-order chi connectivity index (χ0) is 14.3. The van der Waals surface area contributed by atoms with E-state index in [1.54, 1.807) is 6.07 Å². The van der Waals surface area contributed by atoms with Crippen molar-refractivity contribution in [2.75, 3.05) is 11.9 Å². The first kappa shape index (κ1) is 14.6. The molecule has 4 nitrogen and oxygen atoms in total. The molecule has 100 valence electrons. The van der Waals surface area contributed by atoms with Crippen LogP contribution in [-0.4, -0.2) is 12.5 Å². The quantitative estimate of drug-likeness (QED) is 0.634. The SMILES string of the molecule is CCCNC(=O)/C(C#N)=C\Nc1ccc(F)cc1F. The molecule has 1 amide bonds. The Bertz CT molecular complexity index is 535. The molecule has 1 rings (SSSR count). The second-order valence-corrected chi connectivity index (χ2v) is 3.69. The van der Waals surface area contributed by atoms with Crippen molar-refractivity contribution in [3.05, 3.63) is 41.6 Å². The Hall–Kier alpha value is -2.42. The summed E-state index contributed by atoms with van der Waals surface area (Å²) in [4.78, 5) is 11.5. The molecule has 0 unspecified atom stereocenters. The fourth-order valence-electron chi connectivity index (χ4n) is 1.24. The second-order valence-electron chi connectivity index (χ2n) is 3.69. The third-order valence-electron chi connectivity index (χ3n) is 2.20. The van der Waals surface area contributed by atoms with Crippen molar-refractivity contribution >= 4 is 11.6 Å². The number of nitrogens with one attached hydrogen (secondary N) is 2. The van der Waals surface area contributed by atoms with E-state index in [9.17, 15) is 13.6 Å². The molecule has 0 aliphatic carbocycles. The molecule has 0 aromatic heterocycles. The van der Waals surface area contributed by atoms with Gasteiger partial charge in [0.2, 0.25) is 0 Å². The van der Waals surface area contributed by atoms with Crippen LogP contribution in [0.1, 0.15) is 13.3 Å². The maximum Gasteiger partial charge on any atom is 0.263 e. The number of nitrogens with zero attached hydrogens (tertiary/aromatic N) is 1. The summed E-state index contributed by atoms with van der Waals surface area (Å²) in [5, 5.41) is 13.8. The average molecular weight is 265 g/mol. The maximum absolute atomic E-state index is 13.3. The summed E-state index contributed by atoms with van der Waals surface area (Å²) in [7, 11) is 0. The minimum Gasteiger partial charge on any atom is -0.358 e. The van der Waals surface area contributed by atoms with Crippen LogP contribution in [0.25, 0.3) is 0 Å². The van der Waals surface area contributed by atoms with Gasteiger partial charge in [0.15, 0.2) is 0 Å². The lowest BCUT2D eigenvalue weighted by molar-refractivity contribution is -0.117. The van der Waals surface area contributed by atoms with Gasteiger partial charge in [-0.05, 0) is 18.6 Å². The Kier molecular flexibility index (Phi) is 5.48. The van der Waals surface area contributed by atoms with Gasteiger partial charge in [-0.1, -0.05) is 6.92 Å². The highest BCUT2D eigenvalue weighted by atomic mass is 19.1. The van der Waals surface area contributed by atoms with E-state index >= 15 is 0 Å². The van der Waals surface area contributed by atoms with E-state index in [1.165, 1.54) is 6.07 Å². The topological polar surface area (TPSA) is 64.9 Å². The fourth-order valence-corrected chi connectivity index (χ4v) is 1.24. The Labute approximate surface area is 109 Å². The van der Waals surface area contributed by atoms with Gasteiger partial charge >= 0.3 is 0 Å². The number of hydrogen-bond acceptors (Lipinski definition) is 3. The molecule has 0 heterocycles. The minimum absolute atomic E-state index is 0.0163. The van der Waals surface area contributed by atoms with Gasteiger partial charge in [-0.15, -0.1) is 0 Å². The van der Waals surface area contributed by atoms with Crippen molar-refractivity contribution in [3.8, 4) is 6.07 Å². The summed E-state index contributed by atoms with van der Waals surface area (Å²) in [6.07, 6.45) is 1.83. The number of carbonyl (C=O) groups excluding carboxylic acids is 1. The lowest BCUT2D eigenvalue weighted by atomic mass is 10.2. The van der Waals surface area contributed by atoms with Crippen LogP contribution in [0.3, 0.4) is 0 Å². The molecule has 0 fully saturated rings. The number of anilines is 1. The van der Waals surface area contributed by atoms with Crippen molar-refractivity contribution < 1.29 is 13.6 Å². The van der Waals surface area contributed by atoms with Crippen LogP contribution < -0.4 is 10.6 Å². The van der Waals surface area contributed by atoms with Crippen LogP contribution in [0, 0.1) is 23.0 Å². The number of hydrogen-bond donors (Lipinski definition) is 2. The van der Waals surface area contributed by atoms with E-state index in [1.807, 2.05) is 6.92 Å². The van der Waals surface area contributed by atoms with E-state index in [2.05, 4.69) is 10.6 Å². The van der Waals surface area contributed by atoms with Crippen LogP contribution in [-0.2, 0) is 4.79 Å². The van der Waals surface area contributed by atoms with E-state index < -0.39 is 17.5 Å². The Morgan fingerprint density at radius 2 is 2.21 bits per heavy atom. The molecular formula is C13H13F2N3O. The molecule has 1 aromatic rings. The number of amides is 1. The molecule has 0 saturated carbocycles. The predicted molar refractivity (Wildman–Crippen MR) is 67.0 cm³/mol. The normalized spacial score (nSPS) is 10.7.